The Kier molecular flexibility index (Phi) is 6.22. The molecule has 2 aromatic heterocycles. The highest BCUT2D eigenvalue weighted by atomic mass is 16.5. The molecular weight excluding hydrogens is 444 g/mol. The fraction of sp³-hybridized carbons (Fsp3) is 0.308. The van der Waals surface area contributed by atoms with E-state index >= 15 is 0 Å². The van der Waals surface area contributed by atoms with Crippen LogP contribution in [-0.2, 0) is 4.79 Å². The van der Waals surface area contributed by atoms with Gasteiger partial charge in [0.15, 0.2) is 12.4 Å². The normalized spacial score (nSPS) is 13.9. The van der Waals surface area contributed by atoms with Gasteiger partial charge in [-0.2, -0.15) is 5.10 Å². The Morgan fingerprint density at radius 3 is 2.74 bits per heavy atom. The van der Waals surface area contributed by atoms with Gasteiger partial charge in [0.1, 0.15) is 17.3 Å². The smallest absolute Gasteiger partial charge is 0.258 e. The number of carbonyl (C=O) groups excluding carboxylic acids is 1. The van der Waals surface area contributed by atoms with Crippen molar-refractivity contribution in [2.24, 2.45) is 0 Å². The summed E-state index contributed by atoms with van der Waals surface area (Å²) < 4.78 is 11.6. The van der Waals surface area contributed by atoms with Crippen molar-refractivity contribution in [2.45, 2.75) is 38.6 Å². The molecule has 0 unspecified atom stereocenters. The summed E-state index contributed by atoms with van der Waals surface area (Å²) >= 11 is 0. The highest BCUT2D eigenvalue weighted by Crippen LogP contribution is 2.34. The summed E-state index contributed by atoms with van der Waals surface area (Å²) in [5, 5.41) is 14.0. The molecule has 0 saturated heterocycles. The lowest BCUT2D eigenvalue weighted by Crippen LogP contribution is -2.37. The third-order valence-corrected chi connectivity index (χ3v) is 5.80. The van der Waals surface area contributed by atoms with Crippen molar-refractivity contribution in [1.82, 2.24) is 25.5 Å². The molecule has 9 heteroatoms. The third-order valence-electron chi connectivity index (χ3n) is 5.80. The molecule has 2 heterocycles. The average molecular weight is 473 g/mol. The monoisotopic (exact) mass is 472 g/mol. The van der Waals surface area contributed by atoms with Gasteiger partial charge in [0.2, 0.25) is 0 Å². The van der Waals surface area contributed by atoms with Crippen LogP contribution in [0.2, 0.25) is 0 Å². The second-order valence-corrected chi connectivity index (χ2v) is 8.96. The lowest BCUT2D eigenvalue weighted by Gasteiger charge is -2.13. The van der Waals surface area contributed by atoms with E-state index in [1.807, 2.05) is 49.4 Å². The number of benzene rings is 2. The van der Waals surface area contributed by atoms with E-state index in [9.17, 15) is 4.79 Å². The molecule has 0 aliphatic heterocycles. The van der Waals surface area contributed by atoms with E-state index < -0.39 is 0 Å². The van der Waals surface area contributed by atoms with Gasteiger partial charge in [-0.3, -0.25) is 9.89 Å². The van der Waals surface area contributed by atoms with Crippen LogP contribution in [0.25, 0.3) is 22.3 Å². The fourth-order valence-corrected chi connectivity index (χ4v) is 3.66. The van der Waals surface area contributed by atoms with Gasteiger partial charge in [-0.05, 0) is 56.5 Å². The minimum Gasteiger partial charge on any atom is -0.494 e. The van der Waals surface area contributed by atoms with E-state index in [2.05, 4.69) is 27.8 Å². The third kappa shape index (κ3) is 5.51. The van der Waals surface area contributed by atoms with Crippen LogP contribution in [0.3, 0.4) is 0 Å². The summed E-state index contributed by atoms with van der Waals surface area (Å²) in [6.07, 6.45) is 6.39. The van der Waals surface area contributed by atoms with Crippen LogP contribution in [0.5, 0.6) is 11.5 Å². The van der Waals surface area contributed by atoms with Gasteiger partial charge >= 0.3 is 0 Å². The quantitative estimate of drug-likeness (QED) is 0.309. The van der Waals surface area contributed by atoms with Crippen LogP contribution >= 0.6 is 0 Å². The summed E-state index contributed by atoms with van der Waals surface area (Å²) in [5.41, 5.74) is 2.26. The van der Waals surface area contributed by atoms with Crippen molar-refractivity contribution in [3.8, 4) is 22.9 Å². The second-order valence-electron chi connectivity index (χ2n) is 8.96. The number of H-pyrrole nitrogens is 1. The Labute approximate surface area is 203 Å². The standard InChI is InChI=1S/C26H28N6O3/c1-3-11-34-20-7-8-22-21(13-20)25(29-18-14-27-28-15-18)31-24(30-22)17-5-4-6-19(12-17)35-16-23(33)32-26(2)9-10-26/h4-8,12-15H,3,9-11,16H2,1-2H3,(H,27,28)(H,32,33)(H,29,30,31). The van der Waals surface area contributed by atoms with Crippen molar-refractivity contribution in [3.63, 3.8) is 0 Å². The van der Waals surface area contributed by atoms with E-state index in [-0.39, 0.29) is 18.1 Å². The maximum atomic E-state index is 12.2. The van der Waals surface area contributed by atoms with Crippen molar-refractivity contribution in [3.05, 3.63) is 54.9 Å². The van der Waals surface area contributed by atoms with E-state index in [0.717, 1.165) is 47.2 Å². The predicted octanol–water partition coefficient (Wildman–Crippen LogP) is 4.60. The second kappa shape index (κ2) is 9.61. The first-order valence-corrected chi connectivity index (χ1v) is 11.8. The lowest BCUT2D eigenvalue weighted by atomic mass is 10.1. The number of ether oxygens (including phenoxy) is 2. The van der Waals surface area contributed by atoms with Gasteiger partial charge < -0.3 is 20.1 Å². The van der Waals surface area contributed by atoms with Crippen LogP contribution in [-0.4, -0.2) is 44.8 Å². The minimum atomic E-state index is -0.120. The number of nitrogens with zero attached hydrogens (tertiary/aromatic N) is 3. The van der Waals surface area contributed by atoms with Gasteiger partial charge in [-0.25, -0.2) is 9.97 Å². The van der Waals surface area contributed by atoms with Crippen LogP contribution in [0.1, 0.15) is 33.1 Å². The predicted molar refractivity (Wildman–Crippen MR) is 134 cm³/mol. The highest BCUT2D eigenvalue weighted by Gasteiger charge is 2.38. The molecule has 2 aromatic carbocycles. The molecule has 0 spiro atoms. The van der Waals surface area contributed by atoms with E-state index in [1.54, 1.807) is 12.4 Å². The topological polar surface area (TPSA) is 114 Å². The summed E-state index contributed by atoms with van der Waals surface area (Å²) in [4.78, 5) is 21.8. The molecule has 1 aliphatic rings. The van der Waals surface area contributed by atoms with Crippen molar-refractivity contribution >= 4 is 28.3 Å². The van der Waals surface area contributed by atoms with Gasteiger partial charge in [0.25, 0.3) is 5.91 Å². The molecule has 1 aliphatic carbocycles. The number of anilines is 2. The van der Waals surface area contributed by atoms with Crippen LogP contribution in [0, 0.1) is 0 Å². The van der Waals surface area contributed by atoms with Gasteiger partial charge in [-0.15, -0.1) is 0 Å². The van der Waals surface area contributed by atoms with E-state index in [0.29, 0.717) is 24.0 Å². The van der Waals surface area contributed by atoms with Gasteiger partial charge in [0, 0.05) is 22.7 Å². The number of amides is 1. The summed E-state index contributed by atoms with van der Waals surface area (Å²) in [6, 6.07) is 13.2. The zero-order valence-electron chi connectivity index (χ0n) is 19.8. The molecule has 1 fully saturated rings. The first-order valence-electron chi connectivity index (χ1n) is 11.8. The molecular formula is C26H28N6O3. The number of hydrogen-bond donors (Lipinski definition) is 3. The Bertz CT molecular complexity index is 1330. The molecule has 4 aromatic rings. The van der Waals surface area contributed by atoms with Crippen LogP contribution in [0.4, 0.5) is 11.5 Å². The molecule has 1 saturated carbocycles. The van der Waals surface area contributed by atoms with Crippen molar-refractivity contribution < 1.29 is 14.3 Å². The number of carbonyl (C=O) groups is 1. The molecule has 0 bridgehead atoms. The lowest BCUT2D eigenvalue weighted by molar-refractivity contribution is -0.123. The summed E-state index contributed by atoms with van der Waals surface area (Å²) in [5.74, 6) is 2.39. The molecule has 35 heavy (non-hydrogen) atoms. The Balaban J connectivity index is 1.43. The van der Waals surface area contributed by atoms with Crippen molar-refractivity contribution in [2.75, 3.05) is 18.5 Å². The summed E-state index contributed by atoms with van der Waals surface area (Å²) in [7, 11) is 0. The van der Waals surface area contributed by atoms with Gasteiger partial charge in [0.05, 0.1) is 24.0 Å². The molecule has 5 rings (SSSR count). The zero-order chi connectivity index (χ0) is 24.3. The molecule has 180 valence electrons. The van der Waals surface area contributed by atoms with Gasteiger partial charge in [-0.1, -0.05) is 19.1 Å². The Morgan fingerprint density at radius 2 is 1.97 bits per heavy atom. The van der Waals surface area contributed by atoms with Crippen LogP contribution in [0.15, 0.2) is 54.9 Å². The maximum Gasteiger partial charge on any atom is 0.258 e. The average Bonchev–Trinajstić information content (AvgIpc) is 3.36. The summed E-state index contributed by atoms with van der Waals surface area (Å²) in [6.45, 7) is 4.71. The van der Waals surface area contributed by atoms with E-state index in [1.165, 1.54) is 0 Å². The minimum absolute atomic E-state index is 0.0363. The molecule has 1 amide bonds. The highest BCUT2D eigenvalue weighted by molar-refractivity contribution is 5.93. The zero-order valence-corrected chi connectivity index (χ0v) is 19.8. The molecule has 9 nitrogen and oxygen atoms in total. The fourth-order valence-electron chi connectivity index (χ4n) is 3.66. The van der Waals surface area contributed by atoms with Crippen LogP contribution < -0.4 is 20.1 Å². The number of hydrogen-bond acceptors (Lipinski definition) is 7. The van der Waals surface area contributed by atoms with Crippen molar-refractivity contribution in [1.29, 1.82) is 0 Å². The van der Waals surface area contributed by atoms with E-state index in [4.69, 9.17) is 19.4 Å². The number of aromatic amines is 1. The number of fused-ring (bicyclic) bond motifs is 1. The number of rotatable bonds is 10. The Hall–Kier alpha value is -4.14. The molecule has 3 N–H and O–H groups in total. The first kappa shape index (κ1) is 22.6. The first-order chi connectivity index (χ1) is 17.0. The number of aromatic nitrogens is 4. The molecule has 0 radical (unpaired) electrons. The Morgan fingerprint density at radius 1 is 1.11 bits per heavy atom. The largest absolute Gasteiger partial charge is 0.494 e. The molecule has 0 atom stereocenters. The maximum absolute atomic E-state index is 12.2. The SMILES string of the molecule is CCCOc1ccc2nc(-c3cccc(OCC(=O)NC4(C)CC4)c3)nc(Nc3cn[nH]c3)c2c1. The number of nitrogens with one attached hydrogen (secondary N) is 3.